The van der Waals surface area contributed by atoms with Gasteiger partial charge < -0.3 is 9.64 Å². The molecule has 2 rings (SSSR count). The molecule has 1 fully saturated rings. The van der Waals surface area contributed by atoms with Crippen molar-refractivity contribution in [3.05, 3.63) is 10.5 Å². The zero-order chi connectivity index (χ0) is 14.0. The number of carbonyl (C=O) groups is 1. The van der Waals surface area contributed by atoms with E-state index in [9.17, 15) is 9.59 Å². The lowest BCUT2D eigenvalue weighted by Crippen LogP contribution is -2.48. The van der Waals surface area contributed by atoms with Gasteiger partial charge in [0.15, 0.2) is 5.16 Å². The molecule has 106 valence electrons. The molecule has 0 aromatic carbocycles. The topological polar surface area (TPSA) is 80.2 Å². The maximum absolute atomic E-state index is 12.1. The van der Waals surface area contributed by atoms with Gasteiger partial charge in [0.25, 0.3) is 0 Å². The lowest BCUT2D eigenvalue weighted by molar-refractivity contribution is -0.140. The molecule has 0 bridgehead atoms. The molecule has 0 aliphatic carbocycles. The molecule has 1 aromatic rings. The van der Waals surface area contributed by atoms with Gasteiger partial charge in [-0.05, 0) is 13.8 Å². The predicted octanol–water partition coefficient (Wildman–Crippen LogP) is -0.164. The number of ether oxygens (including phenoxy) is 1. The first kappa shape index (κ1) is 14.1. The van der Waals surface area contributed by atoms with Crippen molar-refractivity contribution in [2.75, 3.05) is 18.8 Å². The molecular weight excluding hydrogens is 268 g/mol. The van der Waals surface area contributed by atoms with Crippen LogP contribution in [0.25, 0.3) is 0 Å². The van der Waals surface area contributed by atoms with E-state index < -0.39 is 0 Å². The Labute approximate surface area is 115 Å². The van der Waals surface area contributed by atoms with Crippen molar-refractivity contribution in [1.82, 2.24) is 19.7 Å². The zero-order valence-electron chi connectivity index (χ0n) is 11.3. The first-order valence-electron chi connectivity index (χ1n) is 6.14. The number of aromatic nitrogens is 3. The molecule has 0 spiro atoms. The van der Waals surface area contributed by atoms with Gasteiger partial charge >= 0.3 is 5.69 Å². The van der Waals surface area contributed by atoms with E-state index in [0.29, 0.717) is 18.2 Å². The van der Waals surface area contributed by atoms with Gasteiger partial charge in [0.2, 0.25) is 5.91 Å². The summed E-state index contributed by atoms with van der Waals surface area (Å²) in [4.78, 5) is 25.1. The Morgan fingerprint density at radius 1 is 1.47 bits per heavy atom. The second kappa shape index (κ2) is 5.79. The van der Waals surface area contributed by atoms with Crippen LogP contribution in [-0.4, -0.2) is 56.6 Å². The molecule has 1 saturated heterocycles. The second-order valence-corrected chi connectivity index (χ2v) is 5.66. The molecule has 0 radical (unpaired) electrons. The molecule has 1 amide bonds. The third-order valence-electron chi connectivity index (χ3n) is 2.94. The Kier molecular flexibility index (Phi) is 4.31. The van der Waals surface area contributed by atoms with Crippen molar-refractivity contribution in [3.63, 3.8) is 0 Å². The van der Waals surface area contributed by atoms with Crippen molar-refractivity contribution >= 4 is 17.7 Å². The molecule has 2 heterocycles. The Bertz CT molecular complexity index is 502. The van der Waals surface area contributed by atoms with Gasteiger partial charge in [0.1, 0.15) is 0 Å². The number of morpholine rings is 1. The Morgan fingerprint density at radius 3 is 2.63 bits per heavy atom. The highest BCUT2D eigenvalue weighted by Crippen LogP contribution is 2.16. The lowest BCUT2D eigenvalue weighted by atomic mass is 10.2. The summed E-state index contributed by atoms with van der Waals surface area (Å²) in [5.41, 5.74) is -0.274. The number of nitrogens with zero attached hydrogens (tertiary/aromatic N) is 3. The van der Waals surface area contributed by atoms with E-state index >= 15 is 0 Å². The average molecular weight is 286 g/mol. The van der Waals surface area contributed by atoms with E-state index in [1.54, 1.807) is 11.9 Å². The summed E-state index contributed by atoms with van der Waals surface area (Å²) in [7, 11) is 1.62. The van der Waals surface area contributed by atoms with E-state index in [0.717, 1.165) is 0 Å². The number of carbonyl (C=O) groups excluding carboxylic acids is 1. The Morgan fingerprint density at radius 2 is 2.11 bits per heavy atom. The normalized spacial score (nSPS) is 23.6. The SMILES string of the molecule is C[C@@H]1CN(C(=O)CSc2n[nH]c(=O)n2C)C[C@@H](C)O1. The summed E-state index contributed by atoms with van der Waals surface area (Å²) < 4.78 is 6.98. The van der Waals surface area contributed by atoms with Gasteiger partial charge in [-0.1, -0.05) is 11.8 Å². The summed E-state index contributed by atoms with van der Waals surface area (Å²) in [6, 6.07) is 0. The minimum absolute atomic E-state index is 0.0439. The molecule has 0 saturated carbocycles. The number of hydrogen-bond acceptors (Lipinski definition) is 5. The second-order valence-electron chi connectivity index (χ2n) is 4.72. The molecule has 1 N–H and O–H groups in total. The van der Waals surface area contributed by atoms with E-state index in [2.05, 4.69) is 10.2 Å². The summed E-state index contributed by atoms with van der Waals surface area (Å²) in [5.74, 6) is 0.319. The van der Waals surface area contributed by atoms with Crippen LogP contribution in [0.1, 0.15) is 13.8 Å². The molecule has 0 unspecified atom stereocenters. The zero-order valence-corrected chi connectivity index (χ0v) is 12.1. The van der Waals surface area contributed by atoms with Crippen LogP contribution in [0, 0.1) is 0 Å². The maximum Gasteiger partial charge on any atom is 0.343 e. The minimum atomic E-state index is -0.274. The standard InChI is InChI=1S/C11H18N4O3S/c1-7-4-15(5-8(2)18-7)9(16)6-19-11-13-12-10(17)14(11)3/h7-8H,4-6H2,1-3H3,(H,12,17)/t7-,8-/m1/s1. The highest BCUT2D eigenvalue weighted by atomic mass is 32.2. The van der Waals surface area contributed by atoms with Crippen LogP contribution in [0.15, 0.2) is 9.95 Å². The van der Waals surface area contributed by atoms with E-state index in [4.69, 9.17) is 4.74 Å². The molecule has 8 heteroatoms. The Hall–Kier alpha value is -1.28. The van der Waals surface area contributed by atoms with Gasteiger partial charge in [-0.3, -0.25) is 9.36 Å². The van der Waals surface area contributed by atoms with Crippen LogP contribution < -0.4 is 5.69 Å². The van der Waals surface area contributed by atoms with Crippen LogP contribution in [0.5, 0.6) is 0 Å². The average Bonchev–Trinajstić information content (AvgIpc) is 2.66. The third-order valence-corrected chi connectivity index (χ3v) is 3.95. The lowest BCUT2D eigenvalue weighted by Gasteiger charge is -2.35. The number of hydrogen-bond donors (Lipinski definition) is 1. The van der Waals surface area contributed by atoms with Gasteiger partial charge in [0, 0.05) is 20.1 Å². The van der Waals surface area contributed by atoms with Gasteiger partial charge in [0.05, 0.1) is 18.0 Å². The number of thioether (sulfide) groups is 1. The number of aromatic amines is 1. The van der Waals surface area contributed by atoms with Gasteiger partial charge in [-0.15, -0.1) is 5.10 Å². The number of H-pyrrole nitrogens is 1. The highest BCUT2D eigenvalue weighted by molar-refractivity contribution is 7.99. The smallest absolute Gasteiger partial charge is 0.343 e. The first-order chi connectivity index (χ1) is 8.97. The van der Waals surface area contributed by atoms with E-state index in [1.807, 2.05) is 13.8 Å². The number of amides is 1. The van der Waals surface area contributed by atoms with Crippen molar-refractivity contribution in [2.45, 2.75) is 31.2 Å². The van der Waals surface area contributed by atoms with Crippen LogP contribution in [0.4, 0.5) is 0 Å². The molecule has 1 aliphatic rings. The van der Waals surface area contributed by atoms with Gasteiger partial charge in [-0.2, -0.15) is 0 Å². The van der Waals surface area contributed by atoms with E-state index in [1.165, 1.54) is 16.3 Å². The summed E-state index contributed by atoms with van der Waals surface area (Å²) in [6.07, 6.45) is 0.125. The fraction of sp³-hybridized carbons (Fsp3) is 0.727. The third kappa shape index (κ3) is 3.38. The summed E-state index contributed by atoms with van der Waals surface area (Å²) >= 11 is 1.26. The number of nitrogens with one attached hydrogen (secondary N) is 1. The summed E-state index contributed by atoms with van der Waals surface area (Å²) in [5, 5.41) is 6.72. The quantitative estimate of drug-likeness (QED) is 0.781. The van der Waals surface area contributed by atoms with Crippen molar-refractivity contribution < 1.29 is 9.53 Å². The van der Waals surface area contributed by atoms with Crippen molar-refractivity contribution in [1.29, 1.82) is 0 Å². The monoisotopic (exact) mass is 286 g/mol. The first-order valence-corrected chi connectivity index (χ1v) is 7.13. The maximum atomic E-state index is 12.1. The van der Waals surface area contributed by atoms with Crippen molar-refractivity contribution in [2.24, 2.45) is 7.05 Å². The molecular formula is C11H18N4O3S. The fourth-order valence-corrected chi connectivity index (χ4v) is 2.88. The number of rotatable bonds is 3. The largest absolute Gasteiger partial charge is 0.372 e. The molecule has 2 atom stereocenters. The van der Waals surface area contributed by atoms with E-state index in [-0.39, 0.29) is 29.6 Å². The predicted molar refractivity (Wildman–Crippen MR) is 71.1 cm³/mol. The van der Waals surface area contributed by atoms with Crippen LogP contribution in [0.2, 0.25) is 0 Å². The van der Waals surface area contributed by atoms with Crippen molar-refractivity contribution in [3.8, 4) is 0 Å². The van der Waals surface area contributed by atoms with Crippen LogP contribution >= 0.6 is 11.8 Å². The highest BCUT2D eigenvalue weighted by Gasteiger charge is 2.25. The molecule has 19 heavy (non-hydrogen) atoms. The Balaban J connectivity index is 1.91. The molecule has 7 nitrogen and oxygen atoms in total. The van der Waals surface area contributed by atoms with Gasteiger partial charge in [-0.25, -0.2) is 9.89 Å². The minimum Gasteiger partial charge on any atom is -0.372 e. The summed E-state index contributed by atoms with van der Waals surface area (Å²) in [6.45, 7) is 5.15. The molecule has 1 aromatic heterocycles. The van der Waals surface area contributed by atoms with Crippen LogP contribution in [-0.2, 0) is 16.6 Å². The van der Waals surface area contributed by atoms with Crippen LogP contribution in [0.3, 0.4) is 0 Å². The fourth-order valence-electron chi connectivity index (χ4n) is 2.06. The molecule has 1 aliphatic heterocycles.